The number of rotatable bonds is 1. The smallest absolute Gasteiger partial charge is 0.219 e. The number of hydrogen-bond donors (Lipinski definition) is 0. The molecule has 5 nitrogen and oxygen atoms in total. The molecule has 3 heterocycles. The summed E-state index contributed by atoms with van der Waals surface area (Å²) in [6, 6.07) is 8.18. The lowest BCUT2D eigenvalue weighted by molar-refractivity contribution is -0.130. The maximum atomic E-state index is 11.7. The van der Waals surface area contributed by atoms with E-state index in [1.165, 1.54) is 0 Å². The molecule has 0 spiro atoms. The van der Waals surface area contributed by atoms with Crippen molar-refractivity contribution in [3.63, 3.8) is 0 Å². The van der Waals surface area contributed by atoms with Gasteiger partial charge < -0.3 is 9.47 Å². The predicted octanol–water partition coefficient (Wildman–Crippen LogP) is 2.46. The minimum Gasteiger partial charge on any atom is -0.335 e. The highest BCUT2D eigenvalue weighted by molar-refractivity contribution is 5.95. The molecule has 1 aromatic carbocycles. The summed E-state index contributed by atoms with van der Waals surface area (Å²) in [5.41, 5.74) is 3.12. The van der Waals surface area contributed by atoms with E-state index in [0.717, 1.165) is 40.8 Å². The predicted molar refractivity (Wildman–Crippen MR) is 84.1 cm³/mol. The number of nitrogens with zero attached hydrogens (tertiary/aromatic N) is 4. The van der Waals surface area contributed by atoms with Crippen molar-refractivity contribution in [3.8, 4) is 11.3 Å². The highest BCUT2D eigenvalue weighted by Gasteiger charge is 2.23. The molecule has 0 atom stereocenters. The summed E-state index contributed by atoms with van der Waals surface area (Å²) in [6.07, 6.45) is 5.55. The van der Waals surface area contributed by atoms with Crippen molar-refractivity contribution in [1.82, 2.24) is 19.4 Å². The minimum atomic E-state index is 0.109. The lowest BCUT2D eigenvalue weighted by Crippen LogP contribution is -2.36. The van der Waals surface area contributed by atoms with Crippen molar-refractivity contribution >= 4 is 16.7 Å². The fraction of sp³-hybridized carbons (Fsp3) is 0.235. The molecule has 0 saturated heterocycles. The Labute approximate surface area is 128 Å². The molecule has 0 saturated carbocycles. The molecule has 110 valence electrons. The lowest BCUT2D eigenvalue weighted by Gasteiger charge is -2.27. The van der Waals surface area contributed by atoms with Crippen molar-refractivity contribution < 1.29 is 4.79 Å². The average molecular weight is 292 g/mol. The van der Waals surface area contributed by atoms with Crippen LogP contribution in [0.1, 0.15) is 12.6 Å². The van der Waals surface area contributed by atoms with Crippen LogP contribution in [0.5, 0.6) is 0 Å². The molecule has 5 heteroatoms. The van der Waals surface area contributed by atoms with Crippen LogP contribution in [0.15, 0.2) is 43.0 Å². The van der Waals surface area contributed by atoms with Gasteiger partial charge in [-0.15, -0.1) is 0 Å². The summed E-state index contributed by atoms with van der Waals surface area (Å²) >= 11 is 0. The number of amides is 1. The molecule has 1 amide bonds. The Kier molecular flexibility index (Phi) is 2.92. The van der Waals surface area contributed by atoms with E-state index in [9.17, 15) is 4.79 Å². The molecule has 22 heavy (non-hydrogen) atoms. The van der Waals surface area contributed by atoms with Gasteiger partial charge in [-0.1, -0.05) is 18.2 Å². The Balaban J connectivity index is 1.87. The third-order valence-corrected chi connectivity index (χ3v) is 4.28. The second kappa shape index (κ2) is 4.94. The van der Waals surface area contributed by atoms with Crippen LogP contribution < -0.4 is 0 Å². The maximum absolute atomic E-state index is 11.7. The van der Waals surface area contributed by atoms with Crippen LogP contribution >= 0.6 is 0 Å². The molecule has 0 aliphatic carbocycles. The quantitative estimate of drug-likeness (QED) is 0.692. The summed E-state index contributed by atoms with van der Waals surface area (Å²) < 4.78 is 2.14. The molecule has 1 aliphatic heterocycles. The van der Waals surface area contributed by atoms with E-state index in [-0.39, 0.29) is 5.91 Å². The lowest BCUT2D eigenvalue weighted by atomic mass is 10.0. The van der Waals surface area contributed by atoms with E-state index in [1.807, 2.05) is 29.6 Å². The number of hydrogen-bond acceptors (Lipinski definition) is 3. The first-order valence-electron chi connectivity index (χ1n) is 7.36. The average Bonchev–Trinajstić information content (AvgIpc) is 2.97. The zero-order valence-electron chi connectivity index (χ0n) is 12.4. The Morgan fingerprint density at radius 2 is 2.14 bits per heavy atom. The Morgan fingerprint density at radius 1 is 1.23 bits per heavy atom. The van der Waals surface area contributed by atoms with Crippen LogP contribution in [0.2, 0.25) is 0 Å². The van der Waals surface area contributed by atoms with E-state index in [1.54, 1.807) is 13.1 Å². The number of imidazole rings is 1. The summed E-state index contributed by atoms with van der Waals surface area (Å²) in [4.78, 5) is 22.4. The largest absolute Gasteiger partial charge is 0.335 e. The summed E-state index contributed by atoms with van der Waals surface area (Å²) in [5, 5.41) is 2.24. The first-order valence-corrected chi connectivity index (χ1v) is 7.36. The fourth-order valence-electron chi connectivity index (χ4n) is 3.07. The summed E-state index contributed by atoms with van der Waals surface area (Å²) in [7, 11) is 0. The van der Waals surface area contributed by atoms with Crippen LogP contribution in [0.3, 0.4) is 0 Å². The first kappa shape index (κ1) is 13.0. The molecule has 0 unspecified atom stereocenters. The molecular formula is C17H16N4O. The zero-order valence-corrected chi connectivity index (χ0v) is 12.4. The molecule has 1 aliphatic rings. The molecule has 0 radical (unpaired) electrons. The molecule has 0 fully saturated rings. The number of carbonyl (C=O) groups excluding carboxylic acids is 1. The van der Waals surface area contributed by atoms with Crippen molar-refractivity contribution in [1.29, 1.82) is 0 Å². The van der Waals surface area contributed by atoms with Crippen LogP contribution in [0.25, 0.3) is 22.0 Å². The third-order valence-electron chi connectivity index (χ3n) is 4.28. The van der Waals surface area contributed by atoms with E-state index < -0.39 is 0 Å². The molecule has 0 N–H and O–H groups in total. The van der Waals surface area contributed by atoms with E-state index >= 15 is 0 Å². The highest BCUT2D eigenvalue weighted by atomic mass is 16.2. The van der Waals surface area contributed by atoms with E-state index in [0.29, 0.717) is 6.54 Å². The van der Waals surface area contributed by atoms with Gasteiger partial charge in [-0.25, -0.2) is 4.98 Å². The van der Waals surface area contributed by atoms with E-state index in [2.05, 4.69) is 26.7 Å². The second-order valence-electron chi connectivity index (χ2n) is 5.58. The third kappa shape index (κ3) is 1.97. The van der Waals surface area contributed by atoms with Crippen molar-refractivity contribution in [3.05, 3.63) is 48.7 Å². The van der Waals surface area contributed by atoms with Crippen molar-refractivity contribution in [2.75, 3.05) is 6.54 Å². The molecule has 4 rings (SSSR count). The Morgan fingerprint density at radius 3 is 3.00 bits per heavy atom. The number of benzene rings is 1. The van der Waals surface area contributed by atoms with Crippen LogP contribution in [-0.2, 0) is 17.9 Å². The standard InChI is InChI=1S/C17H16N4O/c1-12(22)20-7-8-21-11-19-17(16(21)10-20)14-4-2-3-13-5-6-18-9-15(13)14/h2-6,9,11H,7-8,10H2,1H3. The van der Waals surface area contributed by atoms with Crippen molar-refractivity contribution in [2.45, 2.75) is 20.0 Å². The van der Waals surface area contributed by atoms with Crippen LogP contribution in [0.4, 0.5) is 0 Å². The van der Waals surface area contributed by atoms with Crippen LogP contribution in [-0.4, -0.2) is 31.9 Å². The monoisotopic (exact) mass is 292 g/mol. The van der Waals surface area contributed by atoms with Gasteiger partial charge in [-0.3, -0.25) is 9.78 Å². The Bertz CT molecular complexity index is 863. The van der Waals surface area contributed by atoms with Crippen molar-refractivity contribution in [2.24, 2.45) is 0 Å². The van der Waals surface area contributed by atoms with Gasteiger partial charge in [0, 0.05) is 43.4 Å². The molecule has 0 bridgehead atoms. The van der Waals surface area contributed by atoms with Gasteiger partial charge in [0.25, 0.3) is 0 Å². The van der Waals surface area contributed by atoms with Gasteiger partial charge in [-0.05, 0) is 11.5 Å². The molecule has 2 aromatic heterocycles. The van der Waals surface area contributed by atoms with Gasteiger partial charge in [-0.2, -0.15) is 0 Å². The number of pyridine rings is 1. The first-order chi connectivity index (χ1) is 10.7. The minimum absolute atomic E-state index is 0.109. The topological polar surface area (TPSA) is 51.0 Å². The zero-order chi connectivity index (χ0) is 15.1. The number of carbonyl (C=O) groups is 1. The fourth-order valence-corrected chi connectivity index (χ4v) is 3.07. The highest BCUT2D eigenvalue weighted by Crippen LogP contribution is 2.31. The molecule has 3 aromatic rings. The summed E-state index contributed by atoms with van der Waals surface area (Å²) in [5.74, 6) is 0.109. The van der Waals surface area contributed by atoms with Gasteiger partial charge >= 0.3 is 0 Å². The van der Waals surface area contributed by atoms with Gasteiger partial charge in [0.1, 0.15) is 0 Å². The molecular weight excluding hydrogens is 276 g/mol. The second-order valence-corrected chi connectivity index (χ2v) is 5.58. The maximum Gasteiger partial charge on any atom is 0.219 e. The Hall–Kier alpha value is -2.69. The normalized spacial score (nSPS) is 14.1. The number of fused-ring (bicyclic) bond motifs is 2. The van der Waals surface area contributed by atoms with Crippen LogP contribution in [0, 0.1) is 0 Å². The van der Waals surface area contributed by atoms with E-state index in [4.69, 9.17) is 0 Å². The van der Waals surface area contributed by atoms with Gasteiger partial charge in [0.05, 0.1) is 24.3 Å². The summed E-state index contributed by atoms with van der Waals surface area (Å²) in [6.45, 7) is 3.77. The number of aromatic nitrogens is 3. The van der Waals surface area contributed by atoms with Gasteiger partial charge in [0.2, 0.25) is 5.91 Å². The van der Waals surface area contributed by atoms with Gasteiger partial charge in [0.15, 0.2) is 0 Å². The SMILES string of the molecule is CC(=O)N1CCn2cnc(-c3cccc4ccncc34)c2C1.